The fourth-order valence-corrected chi connectivity index (χ4v) is 1.96. The number of rotatable bonds is 7. The second-order valence-corrected chi connectivity index (χ2v) is 5.90. The summed E-state index contributed by atoms with van der Waals surface area (Å²) < 4.78 is 5.62. The number of fused-ring (bicyclic) bond motifs is 1. The van der Waals surface area contributed by atoms with Gasteiger partial charge in [-0.05, 0) is 36.8 Å². The molecule has 3 N–H and O–H groups in total. The van der Waals surface area contributed by atoms with Gasteiger partial charge in [0.25, 0.3) is 0 Å². The molecule has 0 amide bonds. The first-order valence-electron chi connectivity index (χ1n) is 7.16. The predicted molar refractivity (Wildman–Crippen MR) is 84.6 cm³/mol. The molecule has 4 nitrogen and oxygen atoms in total. The predicted octanol–water partition coefficient (Wildman–Crippen LogP) is 1.94. The largest absolute Gasteiger partial charge is 0.491 e. The summed E-state index contributed by atoms with van der Waals surface area (Å²) in [6, 6.07) is 13.9. The molecule has 1 unspecified atom stereocenters. The number of hydrogen-bond acceptors (Lipinski definition) is 4. The van der Waals surface area contributed by atoms with Gasteiger partial charge in [0, 0.05) is 12.1 Å². The Morgan fingerprint density at radius 3 is 2.57 bits per heavy atom. The van der Waals surface area contributed by atoms with Crippen molar-refractivity contribution in [3.8, 4) is 5.75 Å². The molecule has 0 aliphatic carbocycles. The fraction of sp³-hybridized carbons (Fsp3) is 0.412. The molecule has 0 aliphatic heterocycles. The van der Waals surface area contributed by atoms with Crippen molar-refractivity contribution in [3.05, 3.63) is 42.5 Å². The Hall–Kier alpha value is -1.62. The highest BCUT2D eigenvalue weighted by Gasteiger charge is 2.17. The average molecular weight is 289 g/mol. The lowest BCUT2D eigenvalue weighted by Crippen LogP contribution is -2.47. The zero-order valence-corrected chi connectivity index (χ0v) is 12.5. The molecule has 0 aliphatic rings. The van der Waals surface area contributed by atoms with Gasteiger partial charge in [-0.25, -0.2) is 0 Å². The second kappa shape index (κ2) is 6.89. The van der Waals surface area contributed by atoms with Crippen molar-refractivity contribution >= 4 is 10.8 Å². The third-order valence-electron chi connectivity index (χ3n) is 3.37. The molecule has 1 atom stereocenters. The molecule has 0 saturated heterocycles. The molecule has 0 aromatic heterocycles. The Labute approximate surface area is 125 Å². The van der Waals surface area contributed by atoms with Gasteiger partial charge >= 0.3 is 0 Å². The first kappa shape index (κ1) is 15.8. The fourth-order valence-electron chi connectivity index (χ4n) is 1.96. The molecular formula is C17H23NO3. The normalized spacial score (nSPS) is 13.3. The first-order valence-corrected chi connectivity index (χ1v) is 7.16. The summed E-state index contributed by atoms with van der Waals surface area (Å²) >= 11 is 0. The summed E-state index contributed by atoms with van der Waals surface area (Å²) in [5.74, 6) is 0.745. The number of aliphatic hydroxyl groups excluding tert-OH is 2. The lowest BCUT2D eigenvalue weighted by Gasteiger charge is -2.25. The minimum atomic E-state index is -0.623. The number of β-amino-alcohol motifs (C(OH)–C–C–N with tert-alkyl or cyclic N) is 1. The van der Waals surface area contributed by atoms with Gasteiger partial charge in [0.15, 0.2) is 0 Å². The molecule has 0 saturated carbocycles. The average Bonchev–Trinajstić information content (AvgIpc) is 2.51. The summed E-state index contributed by atoms with van der Waals surface area (Å²) in [5, 5.41) is 24.4. The van der Waals surface area contributed by atoms with Crippen molar-refractivity contribution in [2.45, 2.75) is 25.5 Å². The molecule has 0 spiro atoms. The van der Waals surface area contributed by atoms with Crippen LogP contribution in [0, 0.1) is 0 Å². The number of aliphatic hydroxyl groups is 2. The SMILES string of the molecule is CC(C)(CO)NCC(O)COc1ccc2ccccc2c1. The van der Waals surface area contributed by atoms with Crippen LogP contribution in [0.4, 0.5) is 0 Å². The number of benzene rings is 2. The van der Waals surface area contributed by atoms with E-state index in [2.05, 4.69) is 11.4 Å². The van der Waals surface area contributed by atoms with Crippen LogP contribution in [0.3, 0.4) is 0 Å². The van der Waals surface area contributed by atoms with E-state index in [1.807, 2.05) is 50.2 Å². The molecule has 2 aromatic carbocycles. The van der Waals surface area contributed by atoms with E-state index in [-0.39, 0.29) is 13.2 Å². The maximum atomic E-state index is 9.91. The molecule has 0 radical (unpaired) electrons. The summed E-state index contributed by atoms with van der Waals surface area (Å²) in [4.78, 5) is 0. The minimum Gasteiger partial charge on any atom is -0.491 e. The molecule has 2 rings (SSSR count). The van der Waals surface area contributed by atoms with Crippen LogP contribution in [0.25, 0.3) is 10.8 Å². The monoisotopic (exact) mass is 289 g/mol. The summed E-state index contributed by atoms with van der Waals surface area (Å²) in [5.41, 5.74) is -0.399. The van der Waals surface area contributed by atoms with E-state index < -0.39 is 11.6 Å². The van der Waals surface area contributed by atoms with Crippen LogP contribution in [0.15, 0.2) is 42.5 Å². The van der Waals surface area contributed by atoms with Crippen molar-refractivity contribution < 1.29 is 14.9 Å². The van der Waals surface area contributed by atoms with Crippen molar-refractivity contribution in [2.75, 3.05) is 19.8 Å². The van der Waals surface area contributed by atoms with Gasteiger partial charge in [-0.3, -0.25) is 0 Å². The standard InChI is InChI=1S/C17H23NO3/c1-17(2,12-19)18-10-15(20)11-21-16-8-7-13-5-3-4-6-14(13)9-16/h3-9,15,18-20H,10-12H2,1-2H3. The Kier molecular flexibility index (Phi) is 5.17. The van der Waals surface area contributed by atoms with E-state index in [0.717, 1.165) is 16.5 Å². The van der Waals surface area contributed by atoms with Crippen LogP contribution >= 0.6 is 0 Å². The zero-order chi connectivity index (χ0) is 15.3. The maximum Gasteiger partial charge on any atom is 0.120 e. The van der Waals surface area contributed by atoms with Crippen LogP contribution in [0.1, 0.15) is 13.8 Å². The summed E-state index contributed by atoms with van der Waals surface area (Å²) in [7, 11) is 0. The molecule has 0 bridgehead atoms. The van der Waals surface area contributed by atoms with E-state index in [1.54, 1.807) is 0 Å². The Bertz CT molecular complexity index is 583. The van der Waals surface area contributed by atoms with E-state index in [4.69, 9.17) is 9.84 Å². The highest BCUT2D eigenvalue weighted by atomic mass is 16.5. The molecule has 0 fully saturated rings. The van der Waals surface area contributed by atoms with E-state index in [0.29, 0.717) is 6.54 Å². The van der Waals surface area contributed by atoms with Crippen molar-refractivity contribution in [1.82, 2.24) is 5.32 Å². The van der Waals surface area contributed by atoms with Gasteiger partial charge < -0.3 is 20.3 Å². The molecule has 114 valence electrons. The van der Waals surface area contributed by atoms with Crippen molar-refractivity contribution in [2.24, 2.45) is 0 Å². The van der Waals surface area contributed by atoms with Crippen molar-refractivity contribution in [3.63, 3.8) is 0 Å². The molecule has 21 heavy (non-hydrogen) atoms. The third kappa shape index (κ3) is 4.70. The number of ether oxygens (including phenoxy) is 1. The summed E-state index contributed by atoms with van der Waals surface area (Å²) in [6.45, 7) is 4.37. The first-order chi connectivity index (χ1) is 10.00. The van der Waals surface area contributed by atoms with E-state index in [9.17, 15) is 5.11 Å². The van der Waals surface area contributed by atoms with Crippen LogP contribution in [0.2, 0.25) is 0 Å². The lowest BCUT2D eigenvalue weighted by molar-refractivity contribution is 0.0907. The minimum absolute atomic E-state index is 0.0191. The van der Waals surface area contributed by atoms with Gasteiger partial charge in [-0.1, -0.05) is 30.3 Å². The van der Waals surface area contributed by atoms with Crippen LogP contribution < -0.4 is 10.1 Å². The molecule has 4 heteroatoms. The number of nitrogens with one attached hydrogen (secondary N) is 1. The van der Waals surface area contributed by atoms with Gasteiger partial charge in [-0.2, -0.15) is 0 Å². The second-order valence-electron chi connectivity index (χ2n) is 5.90. The maximum absolute atomic E-state index is 9.91. The van der Waals surface area contributed by atoms with Crippen molar-refractivity contribution in [1.29, 1.82) is 0 Å². The van der Waals surface area contributed by atoms with Gasteiger partial charge in [0.2, 0.25) is 0 Å². The Morgan fingerprint density at radius 1 is 1.14 bits per heavy atom. The van der Waals surface area contributed by atoms with Gasteiger partial charge in [-0.15, -0.1) is 0 Å². The van der Waals surface area contributed by atoms with Crippen LogP contribution in [0.5, 0.6) is 5.75 Å². The van der Waals surface area contributed by atoms with Crippen LogP contribution in [-0.4, -0.2) is 41.6 Å². The third-order valence-corrected chi connectivity index (χ3v) is 3.37. The Morgan fingerprint density at radius 2 is 1.86 bits per heavy atom. The topological polar surface area (TPSA) is 61.7 Å². The molecule has 0 heterocycles. The molecule has 2 aromatic rings. The van der Waals surface area contributed by atoms with E-state index in [1.165, 1.54) is 0 Å². The lowest BCUT2D eigenvalue weighted by atomic mass is 10.1. The quantitative estimate of drug-likeness (QED) is 0.729. The van der Waals surface area contributed by atoms with Gasteiger partial charge in [0.05, 0.1) is 6.61 Å². The Balaban J connectivity index is 1.86. The van der Waals surface area contributed by atoms with Crippen LogP contribution in [-0.2, 0) is 0 Å². The van der Waals surface area contributed by atoms with E-state index >= 15 is 0 Å². The summed E-state index contributed by atoms with van der Waals surface area (Å²) in [6.07, 6.45) is -0.623. The highest BCUT2D eigenvalue weighted by molar-refractivity contribution is 5.83. The zero-order valence-electron chi connectivity index (χ0n) is 12.5. The highest BCUT2D eigenvalue weighted by Crippen LogP contribution is 2.20. The van der Waals surface area contributed by atoms with Gasteiger partial charge in [0.1, 0.15) is 18.5 Å². The molecular weight excluding hydrogens is 266 g/mol. The smallest absolute Gasteiger partial charge is 0.120 e. The number of hydrogen-bond donors (Lipinski definition) is 3.